The fraction of sp³-hybridized carbons (Fsp3) is 0.125. The molecule has 0 unspecified atom stereocenters. The van der Waals surface area contributed by atoms with E-state index in [9.17, 15) is 13.6 Å². The summed E-state index contributed by atoms with van der Waals surface area (Å²) >= 11 is 0. The van der Waals surface area contributed by atoms with Crippen LogP contribution in [-0.4, -0.2) is 13.2 Å². The number of nitrogens with zero attached hydrogens (tertiary/aromatic N) is 1. The van der Waals surface area contributed by atoms with E-state index in [1.165, 1.54) is 13.2 Å². The standard InChI is InChI=1S/C8H5F2NO2/c1-13-8-3-6(10)5(9)2-7(8)11-4-12/h2-3H,1H3. The number of halogens is 2. The summed E-state index contributed by atoms with van der Waals surface area (Å²) in [6, 6.07) is 1.57. The molecule has 13 heavy (non-hydrogen) atoms. The first-order valence-corrected chi connectivity index (χ1v) is 3.30. The first-order valence-electron chi connectivity index (χ1n) is 3.30. The van der Waals surface area contributed by atoms with Crippen LogP contribution in [0.3, 0.4) is 0 Å². The number of ether oxygens (including phenoxy) is 1. The zero-order chi connectivity index (χ0) is 9.84. The first-order chi connectivity index (χ1) is 6.19. The minimum absolute atomic E-state index is 0.0118. The van der Waals surface area contributed by atoms with Crippen molar-refractivity contribution in [2.75, 3.05) is 7.11 Å². The van der Waals surface area contributed by atoms with E-state index < -0.39 is 11.6 Å². The lowest BCUT2D eigenvalue weighted by atomic mass is 10.3. The molecule has 1 rings (SSSR count). The molecule has 0 atom stereocenters. The van der Waals surface area contributed by atoms with Gasteiger partial charge in [0.1, 0.15) is 11.4 Å². The number of methoxy groups -OCH3 is 1. The largest absolute Gasteiger partial charge is 0.494 e. The molecule has 1 aromatic carbocycles. The summed E-state index contributed by atoms with van der Waals surface area (Å²) in [5.41, 5.74) is -0.0867. The van der Waals surface area contributed by atoms with Crippen LogP contribution in [0.15, 0.2) is 17.1 Å². The Morgan fingerprint density at radius 3 is 2.54 bits per heavy atom. The third-order valence-electron chi connectivity index (χ3n) is 1.39. The molecule has 1 aromatic rings. The lowest BCUT2D eigenvalue weighted by Crippen LogP contribution is -1.88. The van der Waals surface area contributed by atoms with Gasteiger partial charge in [-0.1, -0.05) is 0 Å². The second kappa shape index (κ2) is 3.78. The van der Waals surface area contributed by atoms with Crippen LogP contribution in [0, 0.1) is 11.6 Å². The fourth-order valence-electron chi connectivity index (χ4n) is 0.818. The molecule has 3 nitrogen and oxygen atoms in total. The van der Waals surface area contributed by atoms with Gasteiger partial charge in [0.25, 0.3) is 0 Å². The fourth-order valence-corrected chi connectivity index (χ4v) is 0.818. The number of rotatable bonds is 2. The predicted octanol–water partition coefficient (Wildman–Crippen LogP) is 1.94. The van der Waals surface area contributed by atoms with Crippen LogP contribution in [0.5, 0.6) is 5.75 Å². The summed E-state index contributed by atoms with van der Waals surface area (Å²) in [4.78, 5) is 13.0. The highest BCUT2D eigenvalue weighted by molar-refractivity contribution is 5.57. The Hall–Kier alpha value is -1.74. The van der Waals surface area contributed by atoms with Crippen LogP contribution < -0.4 is 4.74 Å². The molecule has 0 amide bonds. The van der Waals surface area contributed by atoms with Gasteiger partial charge in [-0.2, -0.15) is 4.99 Å². The highest BCUT2D eigenvalue weighted by Crippen LogP contribution is 2.29. The molecule has 0 aliphatic rings. The van der Waals surface area contributed by atoms with E-state index in [-0.39, 0.29) is 11.4 Å². The Labute approximate surface area is 72.7 Å². The summed E-state index contributed by atoms with van der Waals surface area (Å²) < 4.78 is 29.8. The van der Waals surface area contributed by atoms with E-state index in [1.807, 2.05) is 0 Å². The average molecular weight is 185 g/mol. The zero-order valence-corrected chi connectivity index (χ0v) is 6.67. The van der Waals surface area contributed by atoms with E-state index >= 15 is 0 Å². The molecular weight excluding hydrogens is 180 g/mol. The number of isocyanates is 1. The Bertz CT molecular complexity index is 373. The van der Waals surface area contributed by atoms with Gasteiger partial charge in [-0.15, -0.1) is 0 Å². The lowest BCUT2D eigenvalue weighted by Gasteiger charge is -2.02. The summed E-state index contributed by atoms with van der Waals surface area (Å²) in [5.74, 6) is -2.15. The van der Waals surface area contributed by atoms with Crippen molar-refractivity contribution in [1.82, 2.24) is 0 Å². The normalized spacial score (nSPS) is 9.15. The van der Waals surface area contributed by atoms with Crippen molar-refractivity contribution in [3.63, 3.8) is 0 Å². The van der Waals surface area contributed by atoms with Crippen molar-refractivity contribution in [1.29, 1.82) is 0 Å². The van der Waals surface area contributed by atoms with Gasteiger partial charge in [0.2, 0.25) is 6.08 Å². The highest BCUT2D eigenvalue weighted by atomic mass is 19.2. The number of benzene rings is 1. The van der Waals surface area contributed by atoms with E-state index in [0.717, 1.165) is 12.1 Å². The van der Waals surface area contributed by atoms with Crippen molar-refractivity contribution in [2.24, 2.45) is 4.99 Å². The highest BCUT2D eigenvalue weighted by Gasteiger charge is 2.09. The molecule has 0 N–H and O–H groups in total. The van der Waals surface area contributed by atoms with Crippen molar-refractivity contribution in [3.8, 4) is 5.75 Å². The van der Waals surface area contributed by atoms with Crippen molar-refractivity contribution < 1.29 is 18.3 Å². The second-order valence-electron chi connectivity index (χ2n) is 2.14. The molecule has 68 valence electrons. The minimum Gasteiger partial charge on any atom is -0.494 e. The van der Waals surface area contributed by atoms with Gasteiger partial charge in [-0.05, 0) is 0 Å². The Balaban J connectivity index is 3.32. The molecule has 0 bridgehead atoms. The van der Waals surface area contributed by atoms with Crippen LogP contribution in [-0.2, 0) is 4.79 Å². The first kappa shape index (κ1) is 9.35. The average Bonchev–Trinajstić information content (AvgIpc) is 2.11. The summed E-state index contributed by atoms with van der Waals surface area (Å²) in [6.45, 7) is 0. The minimum atomic E-state index is -1.09. The summed E-state index contributed by atoms with van der Waals surface area (Å²) in [5, 5.41) is 0. The van der Waals surface area contributed by atoms with Gasteiger partial charge >= 0.3 is 0 Å². The van der Waals surface area contributed by atoms with Gasteiger partial charge < -0.3 is 4.74 Å². The molecule has 0 radical (unpaired) electrons. The molecule has 0 heterocycles. The lowest BCUT2D eigenvalue weighted by molar-refractivity contribution is 0.408. The predicted molar refractivity (Wildman–Crippen MR) is 40.7 cm³/mol. The zero-order valence-electron chi connectivity index (χ0n) is 6.67. The van der Waals surface area contributed by atoms with Crippen molar-refractivity contribution >= 4 is 11.8 Å². The van der Waals surface area contributed by atoms with Crippen LogP contribution >= 0.6 is 0 Å². The SMILES string of the molecule is COc1cc(F)c(F)cc1N=C=O. The third-order valence-corrected chi connectivity index (χ3v) is 1.39. The van der Waals surface area contributed by atoms with E-state index in [4.69, 9.17) is 0 Å². The van der Waals surface area contributed by atoms with Crippen LogP contribution in [0.1, 0.15) is 0 Å². The van der Waals surface area contributed by atoms with Gasteiger partial charge in [0.05, 0.1) is 7.11 Å². The molecule has 0 aliphatic heterocycles. The van der Waals surface area contributed by atoms with Crippen LogP contribution in [0.4, 0.5) is 14.5 Å². The van der Waals surface area contributed by atoms with Gasteiger partial charge in [-0.25, -0.2) is 13.6 Å². The maximum Gasteiger partial charge on any atom is 0.240 e. The number of hydrogen-bond donors (Lipinski definition) is 0. The maximum absolute atomic E-state index is 12.6. The number of aliphatic imine (C=N–C) groups is 1. The quantitative estimate of drug-likeness (QED) is 0.521. The van der Waals surface area contributed by atoms with Crippen LogP contribution in [0.25, 0.3) is 0 Å². The van der Waals surface area contributed by atoms with E-state index in [0.29, 0.717) is 0 Å². The van der Waals surface area contributed by atoms with Crippen LogP contribution in [0.2, 0.25) is 0 Å². The molecule has 0 aromatic heterocycles. The Morgan fingerprint density at radius 1 is 1.38 bits per heavy atom. The van der Waals surface area contributed by atoms with E-state index in [1.54, 1.807) is 0 Å². The van der Waals surface area contributed by atoms with Crippen molar-refractivity contribution in [2.45, 2.75) is 0 Å². The molecule has 0 fully saturated rings. The molecular formula is C8H5F2NO2. The topological polar surface area (TPSA) is 38.7 Å². The van der Waals surface area contributed by atoms with Crippen molar-refractivity contribution in [3.05, 3.63) is 23.8 Å². The smallest absolute Gasteiger partial charge is 0.240 e. The molecule has 0 saturated carbocycles. The van der Waals surface area contributed by atoms with Gasteiger partial charge in [-0.3, -0.25) is 0 Å². The summed E-state index contributed by atoms with van der Waals surface area (Å²) in [7, 11) is 1.26. The van der Waals surface area contributed by atoms with Gasteiger partial charge in [0, 0.05) is 12.1 Å². The number of hydrogen-bond acceptors (Lipinski definition) is 3. The molecule has 5 heteroatoms. The maximum atomic E-state index is 12.6. The second-order valence-corrected chi connectivity index (χ2v) is 2.14. The monoisotopic (exact) mass is 185 g/mol. The third kappa shape index (κ3) is 1.89. The molecule has 0 spiro atoms. The molecule has 0 aliphatic carbocycles. The van der Waals surface area contributed by atoms with E-state index in [2.05, 4.69) is 9.73 Å². The molecule has 0 saturated heterocycles. The van der Waals surface area contributed by atoms with Gasteiger partial charge in [0.15, 0.2) is 11.6 Å². The summed E-state index contributed by atoms with van der Waals surface area (Å²) in [6.07, 6.45) is 1.21. The Kier molecular flexibility index (Phi) is 2.72. The number of carbonyl (C=O) groups excluding carboxylic acids is 1. The Morgan fingerprint density at radius 2 is 2.00 bits per heavy atom.